The lowest BCUT2D eigenvalue weighted by Gasteiger charge is -2.51. The first kappa shape index (κ1) is 25.7. The molecule has 3 fully saturated rings. The van der Waals surface area contributed by atoms with Crippen molar-refractivity contribution < 1.29 is 23.8 Å². The Morgan fingerprint density at radius 1 is 1.23 bits per heavy atom. The number of piperidine rings is 1. The number of hydrogen-bond donors (Lipinski definition) is 2. The number of aromatic nitrogens is 1. The Hall–Kier alpha value is -2.39. The van der Waals surface area contributed by atoms with E-state index >= 15 is 0 Å². The summed E-state index contributed by atoms with van der Waals surface area (Å²) in [6.45, 7) is 8.74. The predicted molar refractivity (Wildman–Crippen MR) is 130 cm³/mol. The number of nitrogens with one attached hydrogen (secondary N) is 2. The number of ether oxygens (including phenoxy) is 3. The Balaban J connectivity index is 1.44. The monoisotopic (exact) mass is 489 g/mol. The summed E-state index contributed by atoms with van der Waals surface area (Å²) < 4.78 is 17.7. The maximum atomic E-state index is 13.1. The van der Waals surface area contributed by atoms with Crippen LogP contribution in [0.15, 0.2) is 17.1 Å². The Morgan fingerprint density at radius 2 is 1.97 bits per heavy atom. The fourth-order valence-corrected chi connectivity index (χ4v) is 5.81. The molecule has 0 unspecified atom stereocenters. The average molecular weight is 490 g/mol. The standard InChI is InChI=1S/C26H39N3O6/c1-17-10-12-27-23(31)22(17)18-6-8-19(9-7-18)34-14-20-26(16-33-15-21(30)28-26)11-5-13-29(20)24(32)35-25(2,3)4/h10,12,18-20H,5-9,11,13-16H2,1-4H3,(H,27,31)(H,28,30)/t18?,19?,20-,26-/m1/s1. The number of carbonyl (C=O) groups excluding carboxylic acids is 2. The summed E-state index contributed by atoms with van der Waals surface area (Å²) in [6.07, 6.45) is 6.24. The van der Waals surface area contributed by atoms with Crippen molar-refractivity contribution >= 4 is 12.0 Å². The van der Waals surface area contributed by atoms with Crippen LogP contribution in [0.5, 0.6) is 0 Å². The minimum absolute atomic E-state index is 0.000409. The van der Waals surface area contributed by atoms with Crippen molar-refractivity contribution in [1.82, 2.24) is 15.2 Å². The molecule has 0 bridgehead atoms. The van der Waals surface area contributed by atoms with Gasteiger partial charge in [0.25, 0.3) is 5.56 Å². The third-order valence-corrected chi connectivity index (χ3v) is 7.43. The molecule has 1 spiro atoms. The molecule has 2 N–H and O–H groups in total. The van der Waals surface area contributed by atoms with Crippen LogP contribution in [0.2, 0.25) is 0 Å². The average Bonchev–Trinajstić information content (AvgIpc) is 2.78. The molecule has 9 heteroatoms. The SMILES string of the molecule is Cc1cc[nH]c(=O)c1C1CCC(OC[C@H]2N(C(=O)OC(C)(C)C)CCC[C@@]23COCC(=O)N3)CC1. The van der Waals surface area contributed by atoms with E-state index in [2.05, 4.69) is 10.3 Å². The molecule has 2 atom stereocenters. The van der Waals surface area contributed by atoms with Crippen LogP contribution in [0, 0.1) is 6.92 Å². The highest BCUT2D eigenvalue weighted by Crippen LogP contribution is 2.36. The fraction of sp³-hybridized carbons (Fsp3) is 0.731. The van der Waals surface area contributed by atoms with Gasteiger partial charge in [0.1, 0.15) is 12.2 Å². The van der Waals surface area contributed by atoms with Crippen molar-refractivity contribution in [2.75, 3.05) is 26.4 Å². The second-order valence-corrected chi connectivity index (χ2v) is 11.2. The predicted octanol–water partition coefficient (Wildman–Crippen LogP) is 3.01. The summed E-state index contributed by atoms with van der Waals surface area (Å²) in [5, 5.41) is 3.13. The Labute approximate surface area is 206 Å². The maximum absolute atomic E-state index is 13.1. The van der Waals surface area contributed by atoms with Gasteiger partial charge in [0.05, 0.1) is 30.9 Å². The summed E-state index contributed by atoms with van der Waals surface area (Å²) in [5.41, 5.74) is 0.611. The normalized spacial score (nSPS) is 29.7. The first-order valence-corrected chi connectivity index (χ1v) is 12.8. The van der Waals surface area contributed by atoms with E-state index in [1.54, 1.807) is 11.1 Å². The van der Waals surface area contributed by atoms with Crippen molar-refractivity contribution in [2.24, 2.45) is 0 Å². The largest absolute Gasteiger partial charge is 0.444 e. The van der Waals surface area contributed by atoms with E-state index in [1.165, 1.54) is 0 Å². The topological polar surface area (TPSA) is 110 Å². The number of amides is 2. The smallest absolute Gasteiger partial charge is 0.410 e. The number of aromatic amines is 1. The minimum Gasteiger partial charge on any atom is -0.444 e. The molecule has 35 heavy (non-hydrogen) atoms. The molecule has 1 aromatic rings. The van der Waals surface area contributed by atoms with E-state index in [-0.39, 0.29) is 36.1 Å². The highest BCUT2D eigenvalue weighted by atomic mass is 16.6. The van der Waals surface area contributed by atoms with Crippen molar-refractivity contribution in [3.63, 3.8) is 0 Å². The summed E-state index contributed by atoms with van der Waals surface area (Å²) in [4.78, 5) is 42.3. The van der Waals surface area contributed by atoms with Gasteiger partial charge in [-0.05, 0) is 83.8 Å². The summed E-state index contributed by atoms with van der Waals surface area (Å²) in [6, 6.07) is 1.57. The lowest BCUT2D eigenvalue weighted by molar-refractivity contribution is -0.144. The number of H-pyrrole nitrogens is 1. The molecule has 2 saturated heterocycles. The maximum Gasteiger partial charge on any atom is 0.410 e. The summed E-state index contributed by atoms with van der Waals surface area (Å²) in [5.74, 6) is 0.0568. The van der Waals surface area contributed by atoms with Crippen LogP contribution < -0.4 is 10.9 Å². The Kier molecular flexibility index (Phi) is 7.57. The van der Waals surface area contributed by atoms with Crippen LogP contribution in [0.4, 0.5) is 4.79 Å². The third kappa shape index (κ3) is 5.89. The number of pyridine rings is 1. The van der Waals surface area contributed by atoms with Gasteiger partial charge in [-0.15, -0.1) is 0 Å². The van der Waals surface area contributed by atoms with Crippen molar-refractivity contribution in [3.8, 4) is 0 Å². The second-order valence-electron chi connectivity index (χ2n) is 11.2. The summed E-state index contributed by atoms with van der Waals surface area (Å²) in [7, 11) is 0. The molecule has 1 aromatic heterocycles. The van der Waals surface area contributed by atoms with Gasteiger partial charge in [-0.3, -0.25) is 9.59 Å². The quantitative estimate of drug-likeness (QED) is 0.673. The van der Waals surface area contributed by atoms with E-state index in [0.717, 1.165) is 49.7 Å². The number of hydrogen-bond acceptors (Lipinski definition) is 6. The molecule has 4 rings (SSSR count). The molecule has 1 saturated carbocycles. The Morgan fingerprint density at radius 3 is 2.63 bits per heavy atom. The molecule has 194 valence electrons. The lowest BCUT2D eigenvalue weighted by Crippen LogP contribution is -2.72. The highest BCUT2D eigenvalue weighted by Gasteiger charge is 2.50. The zero-order valence-electron chi connectivity index (χ0n) is 21.4. The fourth-order valence-electron chi connectivity index (χ4n) is 5.81. The molecule has 0 radical (unpaired) electrons. The van der Waals surface area contributed by atoms with Crippen molar-refractivity contribution in [2.45, 2.75) is 95.4 Å². The van der Waals surface area contributed by atoms with Gasteiger partial charge in [0.2, 0.25) is 5.91 Å². The first-order chi connectivity index (χ1) is 16.6. The van der Waals surface area contributed by atoms with Gasteiger partial charge in [-0.25, -0.2) is 4.79 Å². The van der Waals surface area contributed by atoms with Gasteiger partial charge >= 0.3 is 6.09 Å². The van der Waals surface area contributed by atoms with Crippen LogP contribution in [0.3, 0.4) is 0 Å². The molecule has 3 aliphatic rings. The zero-order chi connectivity index (χ0) is 25.2. The molecule has 3 heterocycles. The van der Waals surface area contributed by atoms with Crippen molar-refractivity contribution in [1.29, 1.82) is 0 Å². The van der Waals surface area contributed by atoms with Gasteiger partial charge in [0, 0.05) is 18.3 Å². The van der Waals surface area contributed by atoms with Gasteiger partial charge < -0.3 is 29.4 Å². The molecule has 0 aromatic carbocycles. The van der Waals surface area contributed by atoms with Crippen molar-refractivity contribution in [3.05, 3.63) is 33.7 Å². The van der Waals surface area contributed by atoms with Crippen LogP contribution >= 0.6 is 0 Å². The Bertz CT molecular complexity index is 974. The number of morpholine rings is 1. The van der Waals surface area contributed by atoms with Crippen LogP contribution in [0.25, 0.3) is 0 Å². The van der Waals surface area contributed by atoms with Gasteiger partial charge in [0.15, 0.2) is 0 Å². The van der Waals surface area contributed by atoms with Gasteiger partial charge in [-0.2, -0.15) is 0 Å². The number of carbonyl (C=O) groups is 2. The van der Waals surface area contributed by atoms with E-state index < -0.39 is 17.2 Å². The molecule has 2 aliphatic heterocycles. The third-order valence-electron chi connectivity index (χ3n) is 7.43. The van der Waals surface area contributed by atoms with Crippen LogP contribution in [-0.4, -0.2) is 71.5 Å². The van der Waals surface area contributed by atoms with E-state index in [9.17, 15) is 14.4 Å². The summed E-state index contributed by atoms with van der Waals surface area (Å²) >= 11 is 0. The highest BCUT2D eigenvalue weighted by molar-refractivity contribution is 5.79. The zero-order valence-corrected chi connectivity index (χ0v) is 21.4. The molecule has 9 nitrogen and oxygen atoms in total. The number of aryl methyl sites for hydroxylation is 1. The number of nitrogens with zero attached hydrogens (tertiary/aromatic N) is 1. The number of likely N-dealkylation sites (tertiary alicyclic amines) is 1. The van der Waals surface area contributed by atoms with Crippen LogP contribution in [-0.2, 0) is 19.0 Å². The van der Waals surface area contributed by atoms with E-state index in [0.29, 0.717) is 19.8 Å². The van der Waals surface area contributed by atoms with Crippen LogP contribution in [0.1, 0.15) is 76.3 Å². The molecule has 1 aliphatic carbocycles. The first-order valence-electron chi connectivity index (χ1n) is 12.8. The van der Waals surface area contributed by atoms with Gasteiger partial charge in [-0.1, -0.05) is 0 Å². The molecular formula is C26H39N3O6. The van der Waals surface area contributed by atoms with E-state index in [1.807, 2.05) is 33.8 Å². The minimum atomic E-state index is -0.684. The molecular weight excluding hydrogens is 450 g/mol. The second kappa shape index (κ2) is 10.3. The van der Waals surface area contributed by atoms with E-state index in [4.69, 9.17) is 14.2 Å². The molecule has 2 amide bonds. The lowest BCUT2D eigenvalue weighted by atomic mass is 9.80. The number of rotatable bonds is 4.